The van der Waals surface area contributed by atoms with E-state index in [1.165, 1.54) is 6.92 Å². The highest BCUT2D eigenvalue weighted by atomic mass is 16.7. The van der Waals surface area contributed by atoms with Crippen molar-refractivity contribution in [1.82, 2.24) is 15.1 Å². The molecule has 0 aromatic carbocycles. The van der Waals surface area contributed by atoms with Crippen LogP contribution in [0.1, 0.15) is 53.9 Å². The van der Waals surface area contributed by atoms with Gasteiger partial charge in [-0.3, -0.25) is 4.79 Å². The summed E-state index contributed by atoms with van der Waals surface area (Å²) in [5.74, 6) is 0.548. The van der Waals surface area contributed by atoms with Crippen LogP contribution < -0.4 is 5.32 Å². The third-order valence-corrected chi connectivity index (χ3v) is 6.58. The maximum Gasteiger partial charge on any atom is 0.463 e. The number of nitrogens with zero attached hydrogens (tertiary/aromatic N) is 2. The minimum Gasteiger partial charge on any atom is -0.403 e. The van der Waals surface area contributed by atoms with Crippen LogP contribution >= 0.6 is 0 Å². The first-order chi connectivity index (χ1) is 12.6. The quantitative estimate of drug-likeness (QED) is 0.763. The van der Waals surface area contributed by atoms with E-state index in [2.05, 4.69) is 33.0 Å². The van der Waals surface area contributed by atoms with Crippen molar-refractivity contribution in [3.05, 3.63) is 0 Å². The standard InChI is InChI=1S/C19H34BN3O4/c1-14(24)21-11-15-7-6-9-22(12-15)17(25)23-10-8-16(13-23)20-26-18(2,3)19(4,5)27-20/h15-16H,6-13H2,1-5H3,(H,21,24). The Labute approximate surface area is 163 Å². The molecule has 0 spiro atoms. The van der Waals surface area contributed by atoms with Crippen LogP contribution in [0.3, 0.4) is 0 Å². The molecular weight excluding hydrogens is 345 g/mol. The molecule has 2 atom stereocenters. The monoisotopic (exact) mass is 379 g/mol. The Morgan fingerprint density at radius 3 is 2.30 bits per heavy atom. The van der Waals surface area contributed by atoms with Crippen molar-refractivity contribution in [3.8, 4) is 0 Å². The van der Waals surface area contributed by atoms with E-state index in [9.17, 15) is 9.59 Å². The first-order valence-electron chi connectivity index (χ1n) is 10.2. The van der Waals surface area contributed by atoms with Crippen molar-refractivity contribution < 1.29 is 18.9 Å². The number of carbonyl (C=O) groups is 2. The predicted molar refractivity (Wildman–Crippen MR) is 104 cm³/mol. The molecule has 7 nitrogen and oxygen atoms in total. The van der Waals surface area contributed by atoms with Crippen LogP contribution in [0.15, 0.2) is 0 Å². The summed E-state index contributed by atoms with van der Waals surface area (Å²) in [5.41, 5.74) is -0.669. The van der Waals surface area contributed by atoms with Gasteiger partial charge in [0.2, 0.25) is 5.91 Å². The lowest BCUT2D eigenvalue weighted by Gasteiger charge is -2.35. The van der Waals surface area contributed by atoms with Gasteiger partial charge in [-0.15, -0.1) is 0 Å². The molecule has 0 bridgehead atoms. The van der Waals surface area contributed by atoms with Gasteiger partial charge in [0.05, 0.1) is 11.2 Å². The number of amides is 3. The number of hydrogen-bond acceptors (Lipinski definition) is 4. The number of carbonyl (C=O) groups excluding carboxylic acids is 2. The SMILES string of the molecule is CC(=O)NCC1CCCN(C(=O)N2CCC(B3OC(C)(C)C(C)(C)O3)C2)C1. The molecule has 3 saturated heterocycles. The number of urea groups is 1. The highest BCUT2D eigenvalue weighted by Gasteiger charge is 2.55. The Morgan fingerprint density at radius 1 is 1.04 bits per heavy atom. The van der Waals surface area contributed by atoms with E-state index in [0.717, 1.165) is 38.9 Å². The number of hydrogen-bond donors (Lipinski definition) is 1. The first-order valence-corrected chi connectivity index (χ1v) is 10.2. The second kappa shape index (κ2) is 7.62. The van der Waals surface area contributed by atoms with Crippen LogP contribution in [-0.2, 0) is 14.1 Å². The van der Waals surface area contributed by atoms with E-state index in [-0.39, 0.29) is 36.1 Å². The minimum atomic E-state index is -0.334. The van der Waals surface area contributed by atoms with Crippen LogP contribution in [0.5, 0.6) is 0 Å². The van der Waals surface area contributed by atoms with E-state index in [1.54, 1.807) is 0 Å². The molecule has 0 aromatic rings. The Kier molecular flexibility index (Phi) is 5.78. The van der Waals surface area contributed by atoms with E-state index >= 15 is 0 Å². The fourth-order valence-electron chi connectivity index (χ4n) is 4.16. The number of piperidine rings is 1. The molecule has 8 heteroatoms. The van der Waals surface area contributed by atoms with E-state index in [0.29, 0.717) is 19.0 Å². The maximum absolute atomic E-state index is 13.0. The summed E-state index contributed by atoms with van der Waals surface area (Å²) < 4.78 is 12.4. The fraction of sp³-hybridized carbons (Fsp3) is 0.895. The zero-order valence-electron chi connectivity index (χ0n) is 17.4. The second-order valence-corrected chi connectivity index (χ2v) is 9.29. The van der Waals surface area contributed by atoms with E-state index in [1.807, 2.05) is 9.80 Å². The average Bonchev–Trinajstić information content (AvgIpc) is 3.15. The van der Waals surface area contributed by atoms with Gasteiger partial charge in [-0.05, 0) is 52.9 Å². The van der Waals surface area contributed by atoms with Crippen LogP contribution in [0.25, 0.3) is 0 Å². The lowest BCUT2D eigenvalue weighted by atomic mass is 9.71. The lowest BCUT2D eigenvalue weighted by Crippen LogP contribution is -2.48. The predicted octanol–water partition coefficient (Wildman–Crippen LogP) is 2.12. The van der Waals surface area contributed by atoms with Gasteiger partial charge in [-0.25, -0.2) is 4.79 Å². The summed E-state index contributed by atoms with van der Waals surface area (Å²) in [4.78, 5) is 28.0. The van der Waals surface area contributed by atoms with Gasteiger partial charge in [-0.1, -0.05) is 0 Å². The molecule has 27 heavy (non-hydrogen) atoms. The zero-order chi connectivity index (χ0) is 19.8. The second-order valence-electron chi connectivity index (χ2n) is 9.29. The van der Waals surface area contributed by atoms with Crippen LogP contribution in [0.2, 0.25) is 5.82 Å². The lowest BCUT2D eigenvalue weighted by molar-refractivity contribution is -0.119. The molecular formula is C19H34BN3O4. The Hall–Kier alpha value is -1.28. The highest BCUT2D eigenvalue weighted by Crippen LogP contribution is 2.42. The van der Waals surface area contributed by atoms with Gasteiger partial charge >= 0.3 is 13.1 Å². The molecule has 1 N–H and O–H groups in total. The normalized spacial score (nSPS) is 29.9. The molecule has 0 radical (unpaired) electrons. The van der Waals surface area contributed by atoms with Crippen molar-refractivity contribution in [2.45, 2.75) is 70.9 Å². The van der Waals surface area contributed by atoms with Crippen LogP contribution in [0, 0.1) is 5.92 Å². The zero-order valence-corrected chi connectivity index (χ0v) is 17.4. The number of rotatable bonds is 3. The molecule has 0 aromatic heterocycles. The smallest absolute Gasteiger partial charge is 0.403 e. The number of likely N-dealkylation sites (tertiary alicyclic amines) is 2. The van der Waals surface area contributed by atoms with Crippen molar-refractivity contribution in [2.75, 3.05) is 32.7 Å². The Balaban J connectivity index is 1.53. The largest absolute Gasteiger partial charge is 0.463 e. The molecule has 152 valence electrons. The summed E-state index contributed by atoms with van der Waals surface area (Å²) in [5, 5.41) is 2.88. The molecule has 3 rings (SSSR count). The molecule has 0 saturated carbocycles. The van der Waals surface area contributed by atoms with Crippen LogP contribution in [0.4, 0.5) is 4.79 Å². The van der Waals surface area contributed by atoms with Crippen molar-refractivity contribution >= 4 is 19.1 Å². The number of nitrogens with one attached hydrogen (secondary N) is 1. The van der Waals surface area contributed by atoms with Gasteiger partial charge in [0.15, 0.2) is 0 Å². The van der Waals surface area contributed by atoms with Gasteiger partial charge in [0, 0.05) is 45.5 Å². The topological polar surface area (TPSA) is 71.1 Å². The molecule has 3 aliphatic heterocycles. The third-order valence-electron chi connectivity index (χ3n) is 6.58. The van der Waals surface area contributed by atoms with Gasteiger partial charge < -0.3 is 24.4 Å². The summed E-state index contributed by atoms with van der Waals surface area (Å²) >= 11 is 0. The van der Waals surface area contributed by atoms with Crippen molar-refractivity contribution in [1.29, 1.82) is 0 Å². The summed E-state index contributed by atoms with van der Waals surface area (Å²) in [6.45, 7) is 13.4. The van der Waals surface area contributed by atoms with E-state index < -0.39 is 0 Å². The van der Waals surface area contributed by atoms with E-state index in [4.69, 9.17) is 9.31 Å². The molecule has 3 aliphatic rings. The Bertz CT molecular complexity index is 567. The fourth-order valence-corrected chi connectivity index (χ4v) is 4.16. The molecule has 3 amide bonds. The maximum atomic E-state index is 13.0. The Morgan fingerprint density at radius 2 is 1.67 bits per heavy atom. The highest BCUT2D eigenvalue weighted by molar-refractivity contribution is 6.47. The summed E-state index contributed by atoms with van der Waals surface area (Å²) in [6, 6.07) is 0.113. The van der Waals surface area contributed by atoms with Gasteiger partial charge in [0.25, 0.3) is 0 Å². The molecule has 3 fully saturated rings. The van der Waals surface area contributed by atoms with Crippen LogP contribution in [-0.4, -0.2) is 72.8 Å². The van der Waals surface area contributed by atoms with Gasteiger partial charge in [0.1, 0.15) is 0 Å². The molecule has 0 aliphatic carbocycles. The minimum absolute atomic E-state index is 0.0109. The molecule has 3 heterocycles. The average molecular weight is 379 g/mol. The summed E-state index contributed by atoms with van der Waals surface area (Å²) in [6.07, 6.45) is 2.96. The summed E-state index contributed by atoms with van der Waals surface area (Å²) in [7, 11) is -0.248. The first kappa shape index (κ1) is 20.5. The third kappa shape index (κ3) is 4.42. The molecule has 2 unspecified atom stereocenters. The van der Waals surface area contributed by atoms with Crippen molar-refractivity contribution in [2.24, 2.45) is 5.92 Å². The van der Waals surface area contributed by atoms with Gasteiger partial charge in [-0.2, -0.15) is 0 Å². The van der Waals surface area contributed by atoms with Crippen molar-refractivity contribution in [3.63, 3.8) is 0 Å².